The Morgan fingerprint density at radius 2 is 1.65 bits per heavy atom. The number of methoxy groups -OCH3 is 5. The van der Waals surface area contributed by atoms with Gasteiger partial charge in [-0.25, -0.2) is 19.6 Å². The van der Waals surface area contributed by atoms with Gasteiger partial charge in [0.15, 0.2) is 0 Å². The van der Waals surface area contributed by atoms with Gasteiger partial charge in [0.25, 0.3) is 0 Å². The second-order valence-corrected chi connectivity index (χ2v) is 17.1. The van der Waals surface area contributed by atoms with Crippen molar-refractivity contribution in [2.24, 2.45) is 5.92 Å². The molecule has 18 heteroatoms. The van der Waals surface area contributed by atoms with Gasteiger partial charge in [-0.15, -0.1) is 0 Å². The number of carbonyl (C=O) groups excluding carboxylic acids is 4. The van der Waals surface area contributed by atoms with Gasteiger partial charge in [-0.1, -0.05) is 25.1 Å². The van der Waals surface area contributed by atoms with Gasteiger partial charge in [-0.3, -0.25) is 9.59 Å². The van der Waals surface area contributed by atoms with Gasteiger partial charge in [0.2, 0.25) is 11.8 Å². The molecule has 65 heavy (non-hydrogen) atoms. The molecule has 0 bridgehead atoms. The highest BCUT2D eigenvalue weighted by molar-refractivity contribution is 6.07. The van der Waals surface area contributed by atoms with Crippen LogP contribution in [0.3, 0.4) is 0 Å². The molecule has 5 aromatic rings. The van der Waals surface area contributed by atoms with Crippen molar-refractivity contribution < 1.29 is 47.6 Å². The van der Waals surface area contributed by atoms with Crippen LogP contribution in [0, 0.1) is 5.92 Å². The highest BCUT2D eigenvalue weighted by Crippen LogP contribution is 2.44. The maximum absolute atomic E-state index is 14.3. The number of aromatic nitrogens is 4. The van der Waals surface area contributed by atoms with Crippen LogP contribution < -0.4 is 15.4 Å². The Morgan fingerprint density at radius 3 is 2.35 bits per heavy atom. The molecule has 3 aliphatic rings. The average Bonchev–Trinajstić information content (AvgIpc) is 4.15. The molecule has 8 rings (SSSR count). The number of nitrogens with one attached hydrogen (secondary N) is 4. The number of benzene rings is 3. The second kappa shape index (κ2) is 19.1. The molecule has 2 saturated heterocycles. The van der Waals surface area contributed by atoms with E-state index in [1.54, 1.807) is 30.0 Å². The second-order valence-electron chi connectivity index (χ2n) is 17.1. The Bertz CT molecular complexity index is 2570. The number of fused-ring (bicyclic) bond motifs is 6. The summed E-state index contributed by atoms with van der Waals surface area (Å²) in [5, 5.41) is 7.28. The topological polar surface area (TPSA) is 212 Å². The Kier molecular flexibility index (Phi) is 13.3. The highest BCUT2D eigenvalue weighted by Gasteiger charge is 2.44. The lowest BCUT2D eigenvalue weighted by molar-refractivity contribution is -0.139. The van der Waals surface area contributed by atoms with Crippen LogP contribution in [-0.4, -0.2) is 133 Å². The van der Waals surface area contributed by atoms with Crippen molar-refractivity contribution in [2.45, 2.75) is 95.5 Å². The zero-order chi connectivity index (χ0) is 46.1. The summed E-state index contributed by atoms with van der Waals surface area (Å²) in [6, 6.07) is 11.8. The molecule has 4 amide bonds. The molecule has 4 N–H and O–H groups in total. The lowest BCUT2D eigenvalue weighted by atomic mass is 9.92. The van der Waals surface area contributed by atoms with Crippen molar-refractivity contribution in [3.63, 3.8) is 0 Å². The minimum Gasteiger partial charge on any atom is -0.488 e. The third-order valence-electron chi connectivity index (χ3n) is 13.3. The number of hydrogen-bond donors (Lipinski definition) is 4. The number of nitrogens with zero attached hydrogens (tertiary/aromatic N) is 4. The largest absolute Gasteiger partial charge is 0.488 e. The third-order valence-corrected chi connectivity index (χ3v) is 13.3. The number of aromatic amines is 2. The molecule has 3 aromatic carbocycles. The van der Waals surface area contributed by atoms with Gasteiger partial charge in [-0.2, -0.15) is 0 Å². The number of H-pyrrole nitrogens is 2. The van der Waals surface area contributed by atoms with Gasteiger partial charge in [-0.05, 0) is 85.9 Å². The maximum atomic E-state index is 14.3. The Hall–Kier alpha value is -6.24. The quantitative estimate of drug-likeness (QED) is 0.0988. The molecular weight excluding hydrogens is 837 g/mol. The molecule has 8 atom stereocenters. The molecule has 0 aliphatic carbocycles. The van der Waals surface area contributed by atoms with Crippen molar-refractivity contribution in [1.29, 1.82) is 0 Å². The fourth-order valence-electron chi connectivity index (χ4n) is 9.78. The fourth-order valence-corrected chi connectivity index (χ4v) is 9.78. The van der Waals surface area contributed by atoms with Gasteiger partial charge < -0.3 is 58.8 Å². The van der Waals surface area contributed by atoms with E-state index in [0.29, 0.717) is 50.7 Å². The first-order valence-electron chi connectivity index (χ1n) is 22.0. The molecule has 0 unspecified atom stereocenters. The van der Waals surface area contributed by atoms with Crippen LogP contribution in [0.4, 0.5) is 9.59 Å². The van der Waals surface area contributed by atoms with E-state index in [4.69, 9.17) is 38.4 Å². The average molecular weight is 895 g/mol. The molecule has 3 aliphatic heterocycles. The van der Waals surface area contributed by atoms with Crippen LogP contribution in [0.25, 0.3) is 44.2 Å². The monoisotopic (exact) mass is 894 g/mol. The van der Waals surface area contributed by atoms with Crippen molar-refractivity contribution in [3.8, 4) is 28.1 Å². The van der Waals surface area contributed by atoms with Crippen molar-refractivity contribution in [2.75, 3.05) is 48.7 Å². The summed E-state index contributed by atoms with van der Waals surface area (Å²) in [5.74, 6) is 1.55. The van der Waals surface area contributed by atoms with Crippen LogP contribution in [0.5, 0.6) is 5.75 Å². The van der Waals surface area contributed by atoms with E-state index >= 15 is 0 Å². The van der Waals surface area contributed by atoms with Crippen molar-refractivity contribution in [1.82, 2.24) is 40.4 Å². The number of rotatable bonds is 14. The van der Waals surface area contributed by atoms with Crippen LogP contribution >= 0.6 is 0 Å². The van der Waals surface area contributed by atoms with Crippen LogP contribution in [0.2, 0.25) is 0 Å². The van der Waals surface area contributed by atoms with Gasteiger partial charge in [0, 0.05) is 50.8 Å². The molecule has 0 spiro atoms. The van der Waals surface area contributed by atoms with Crippen molar-refractivity contribution >= 4 is 45.8 Å². The van der Waals surface area contributed by atoms with Crippen molar-refractivity contribution in [3.05, 3.63) is 65.9 Å². The first-order chi connectivity index (χ1) is 31.4. The molecule has 346 valence electrons. The van der Waals surface area contributed by atoms with Gasteiger partial charge >= 0.3 is 12.2 Å². The number of carbonyl (C=O) groups is 4. The van der Waals surface area contributed by atoms with E-state index in [1.807, 2.05) is 32.0 Å². The molecule has 0 radical (unpaired) electrons. The Morgan fingerprint density at radius 1 is 0.877 bits per heavy atom. The first-order valence-corrected chi connectivity index (χ1v) is 22.0. The maximum Gasteiger partial charge on any atom is 0.407 e. The normalized spacial score (nSPS) is 21.0. The Labute approximate surface area is 377 Å². The lowest BCUT2D eigenvalue weighted by Gasteiger charge is -2.33. The smallest absolute Gasteiger partial charge is 0.407 e. The molecule has 18 nitrogen and oxygen atoms in total. The number of amides is 4. The summed E-state index contributed by atoms with van der Waals surface area (Å²) in [6.07, 6.45) is 1.82. The highest BCUT2D eigenvalue weighted by atomic mass is 16.5. The standard InChI is InChI=1S/C47H58N8O10/c1-9-37(62-6)41(53-47(59)64-8)44(56)54-21-26(22-60-4)16-36(54)43-49-33-14-12-27-18-32-30-13-11-28(17-29(30)23-65-38(32)19-31(27)40(33)51-43)34-20-48-42(50-34)35-15-10-24(2)55(35)45(57)39(25(3)61-5)52-46(58)63-7/h11-14,17-20,24-26,35-37,39,41H,9-10,15-16,21-23H2,1-8H3,(H,48,50)(H,49,51)(H,52,58)(H,53,59)/t24-,25+,26-,35-,36-,37+,39-,41-/m0/s1. The summed E-state index contributed by atoms with van der Waals surface area (Å²) in [6.45, 7) is 6.86. The van der Waals surface area contributed by atoms with E-state index in [-0.39, 0.29) is 29.8 Å². The minimum absolute atomic E-state index is 0.0512. The summed E-state index contributed by atoms with van der Waals surface area (Å²) in [5.41, 5.74) is 6.35. The Balaban J connectivity index is 1.05. The first kappa shape index (κ1) is 45.3. The molecule has 0 saturated carbocycles. The summed E-state index contributed by atoms with van der Waals surface area (Å²) < 4.78 is 32.7. The zero-order valence-electron chi connectivity index (χ0n) is 38.1. The molecular formula is C47H58N8O10. The fraction of sp³-hybridized carbons (Fsp3) is 0.489. The lowest BCUT2D eigenvalue weighted by Crippen LogP contribution is -2.55. The summed E-state index contributed by atoms with van der Waals surface area (Å²) in [7, 11) is 7.19. The number of imidazole rings is 2. The SMILES string of the molecule is CC[C@@H](OC)[C@H](NC(=O)OC)C(=O)N1C[C@@H](COC)C[C@H]1c1nc2ccc3cc4c(cc3c2[nH]1)OCc1cc(-c2cnc([C@@H]3CC[C@H](C)N3C(=O)[C@@H](NC(=O)OC)[C@@H](C)OC)[nH]2)ccc1-4. The third kappa shape index (κ3) is 8.69. The van der Waals surface area contributed by atoms with Crippen LogP contribution in [0.1, 0.15) is 75.8 Å². The van der Waals surface area contributed by atoms with E-state index in [9.17, 15) is 19.2 Å². The molecule has 5 heterocycles. The van der Waals surface area contributed by atoms with E-state index in [0.717, 1.165) is 61.9 Å². The molecule has 2 fully saturated rings. The minimum atomic E-state index is -0.960. The van der Waals surface area contributed by atoms with E-state index in [1.165, 1.54) is 28.4 Å². The number of likely N-dealkylation sites (tertiary alicyclic amines) is 2. The summed E-state index contributed by atoms with van der Waals surface area (Å²) in [4.78, 5) is 73.2. The van der Waals surface area contributed by atoms with E-state index in [2.05, 4.69) is 44.9 Å². The predicted molar refractivity (Wildman–Crippen MR) is 240 cm³/mol. The number of ether oxygens (including phenoxy) is 6. The number of hydrogen-bond acceptors (Lipinski definition) is 12. The number of alkyl carbamates (subject to hydrolysis) is 2. The van der Waals surface area contributed by atoms with Gasteiger partial charge in [0.1, 0.15) is 36.1 Å². The van der Waals surface area contributed by atoms with Gasteiger partial charge in [0.05, 0.1) is 68.0 Å². The predicted octanol–water partition coefficient (Wildman–Crippen LogP) is 6.16. The zero-order valence-corrected chi connectivity index (χ0v) is 38.1. The van der Waals surface area contributed by atoms with Crippen LogP contribution in [0.15, 0.2) is 48.7 Å². The molecule has 2 aromatic heterocycles. The summed E-state index contributed by atoms with van der Waals surface area (Å²) >= 11 is 0. The van der Waals surface area contributed by atoms with E-state index < -0.39 is 42.5 Å². The van der Waals surface area contributed by atoms with Crippen LogP contribution in [-0.2, 0) is 39.9 Å².